The lowest BCUT2D eigenvalue weighted by Gasteiger charge is -2.50. The van der Waals surface area contributed by atoms with Gasteiger partial charge >= 0.3 is 5.97 Å². The molecule has 5 aliphatic rings. The number of rotatable bonds is 14. The Labute approximate surface area is 326 Å². The summed E-state index contributed by atoms with van der Waals surface area (Å²) in [6.45, 7) is 3.86. The molecule has 0 aliphatic carbocycles. The molecular weight excluding hydrogens is 774 g/mol. The van der Waals surface area contributed by atoms with E-state index in [-0.39, 0.29) is 6.73 Å². The molecule has 0 radical (unpaired) electrons. The predicted octanol–water partition coefficient (Wildman–Crippen LogP) is -6.35. The van der Waals surface area contributed by atoms with Crippen molar-refractivity contribution in [2.24, 2.45) is 11.7 Å². The van der Waals surface area contributed by atoms with E-state index in [9.17, 15) is 55.2 Å². The quantitative estimate of drug-likeness (QED) is 0.0725. The molecule has 0 spiro atoms. The normalized spacial score (nSPS) is 47.5. The monoisotopic (exact) mass is 829 g/mol. The van der Waals surface area contributed by atoms with Crippen molar-refractivity contribution in [1.82, 2.24) is 10.6 Å². The van der Waals surface area contributed by atoms with Gasteiger partial charge in [-0.05, 0) is 6.92 Å². The maximum Gasteiger partial charge on any atom is 0.364 e. The van der Waals surface area contributed by atoms with Gasteiger partial charge in [0.05, 0.1) is 38.8 Å². The third-order valence-electron chi connectivity index (χ3n) is 10.6. The standard InChI is InChI=1S/C33H55N3O21/c1-10-23(21(44)15(7-38)50-28(10)54-24-16(8-39)52-31(48-9-34)27-26(24)56-33(5,57-27)32(46)47)53-30-18(36-13(4)41)25(19(42)11(2)49-30)55-29-17(35-12(3)40)22(45)20(43)14(6-37)51-29/h10-11,14-31,37-39,42-45H,6-9,34H2,1-5H3,(H,35,40)(H,36,41)(H,46,47)/t10?,11?,14?,15?,16?,17?,18?,19-,20-,21+,22-,23-,24+,25-,26+,27?,28-,29+,30+,31+,33+/m1/s1. The Hall–Kier alpha value is -2.31. The third-order valence-corrected chi connectivity index (χ3v) is 10.6. The summed E-state index contributed by atoms with van der Waals surface area (Å²) >= 11 is 0. The van der Waals surface area contributed by atoms with E-state index in [0.29, 0.717) is 0 Å². The minimum atomic E-state index is -2.19. The van der Waals surface area contributed by atoms with Gasteiger partial charge < -0.3 is 105 Å². The molecule has 5 rings (SSSR count). The van der Waals surface area contributed by atoms with E-state index < -0.39 is 166 Å². The fourth-order valence-electron chi connectivity index (χ4n) is 7.62. The van der Waals surface area contributed by atoms with Crippen LogP contribution in [0.5, 0.6) is 0 Å². The fourth-order valence-corrected chi connectivity index (χ4v) is 7.62. The highest BCUT2D eigenvalue weighted by molar-refractivity contribution is 5.75. The zero-order chi connectivity index (χ0) is 42.1. The van der Waals surface area contributed by atoms with E-state index in [0.717, 1.165) is 20.8 Å². The second kappa shape index (κ2) is 18.9. The lowest BCUT2D eigenvalue weighted by molar-refractivity contribution is -0.365. The summed E-state index contributed by atoms with van der Waals surface area (Å²) < 4.78 is 59.2. The van der Waals surface area contributed by atoms with Crippen molar-refractivity contribution in [2.75, 3.05) is 26.6 Å². The summed E-state index contributed by atoms with van der Waals surface area (Å²) in [4.78, 5) is 36.8. The number of nitrogens with one attached hydrogen (secondary N) is 2. The van der Waals surface area contributed by atoms with E-state index in [1.165, 1.54) is 13.8 Å². The number of amides is 2. The van der Waals surface area contributed by atoms with Gasteiger partial charge in [0.1, 0.15) is 79.2 Å². The SMILES string of the molecule is CC(=O)NC1[C@H](O[C@@H]2C(NC(C)=O)[C@H](O[C@@H]3C(C)[C@@H](O[C@H]4C(CO)O[C@H](OCN)C5O[C@@](C)(C(=O)O)O[C@H]54)OC(CO)[C@@H]3O)OC(C)[C@H]2O)OC(CO)[C@@H](O)[C@@H]1O. The van der Waals surface area contributed by atoms with Gasteiger partial charge in [-0.3, -0.25) is 9.59 Å². The van der Waals surface area contributed by atoms with Crippen LogP contribution < -0.4 is 16.4 Å². The molecule has 5 heterocycles. The Morgan fingerprint density at radius 2 is 1.16 bits per heavy atom. The second-order valence-corrected chi connectivity index (χ2v) is 14.7. The number of aliphatic carboxylic acids is 1. The van der Waals surface area contributed by atoms with Crippen LogP contribution in [0.25, 0.3) is 0 Å². The molecule has 8 unspecified atom stereocenters. The summed E-state index contributed by atoms with van der Waals surface area (Å²) in [7, 11) is 0. The molecule has 24 nitrogen and oxygen atoms in total. The van der Waals surface area contributed by atoms with Crippen LogP contribution in [0.3, 0.4) is 0 Å². The van der Waals surface area contributed by atoms with Crippen LogP contribution in [-0.4, -0.2) is 208 Å². The number of fused-ring (bicyclic) bond motifs is 1. The molecule has 0 aromatic heterocycles. The zero-order valence-electron chi connectivity index (χ0n) is 31.8. The predicted molar refractivity (Wildman–Crippen MR) is 181 cm³/mol. The number of ether oxygens (including phenoxy) is 10. The smallest absolute Gasteiger partial charge is 0.364 e. The van der Waals surface area contributed by atoms with Crippen LogP contribution in [0.15, 0.2) is 0 Å². The number of aliphatic hydroxyl groups excluding tert-OH is 7. The molecule has 12 N–H and O–H groups in total. The number of hydrogen-bond acceptors (Lipinski definition) is 21. The molecule has 2 amide bonds. The summed E-state index contributed by atoms with van der Waals surface area (Å²) in [5.74, 6) is -5.96. The number of hydrogen-bond donors (Lipinski definition) is 11. The summed E-state index contributed by atoms with van der Waals surface area (Å²) in [6.07, 6.45) is -24.0. The Morgan fingerprint density at radius 1 is 0.649 bits per heavy atom. The van der Waals surface area contributed by atoms with Gasteiger partial charge in [0, 0.05) is 26.7 Å². The minimum absolute atomic E-state index is 0.357. The molecule has 5 saturated heterocycles. The first-order chi connectivity index (χ1) is 26.9. The molecule has 0 saturated carbocycles. The van der Waals surface area contributed by atoms with Gasteiger partial charge in [0.25, 0.3) is 5.79 Å². The molecule has 21 atom stereocenters. The maximum atomic E-state index is 12.6. The van der Waals surface area contributed by atoms with Gasteiger partial charge in [-0.2, -0.15) is 0 Å². The van der Waals surface area contributed by atoms with Crippen molar-refractivity contribution in [3.05, 3.63) is 0 Å². The zero-order valence-corrected chi connectivity index (χ0v) is 31.8. The highest BCUT2D eigenvalue weighted by atomic mass is 16.8. The highest BCUT2D eigenvalue weighted by Crippen LogP contribution is 2.42. The van der Waals surface area contributed by atoms with Crippen LogP contribution in [0.1, 0.15) is 34.6 Å². The van der Waals surface area contributed by atoms with Crippen LogP contribution in [0, 0.1) is 5.92 Å². The molecule has 328 valence electrons. The van der Waals surface area contributed by atoms with Crippen LogP contribution in [0.2, 0.25) is 0 Å². The van der Waals surface area contributed by atoms with E-state index >= 15 is 0 Å². The number of carbonyl (C=O) groups excluding carboxylic acids is 2. The summed E-state index contributed by atoms with van der Waals surface area (Å²) in [6, 6.07) is -2.83. The lowest BCUT2D eigenvalue weighted by atomic mass is 9.90. The van der Waals surface area contributed by atoms with Crippen LogP contribution >= 0.6 is 0 Å². The summed E-state index contributed by atoms with van der Waals surface area (Å²) in [5.41, 5.74) is 5.55. The van der Waals surface area contributed by atoms with E-state index in [1.807, 2.05) is 0 Å². The van der Waals surface area contributed by atoms with Gasteiger partial charge in [0.15, 0.2) is 25.2 Å². The first kappa shape index (κ1) is 45.8. The van der Waals surface area contributed by atoms with Gasteiger partial charge in [-0.1, -0.05) is 6.92 Å². The van der Waals surface area contributed by atoms with E-state index in [4.69, 9.17) is 53.1 Å². The first-order valence-corrected chi connectivity index (χ1v) is 18.5. The number of carboxylic acid groups (broad SMARTS) is 1. The first-order valence-electron chi connectivity index (χ1n) is 18.5. The van der Waals surface area contributed by atoms with Gasteiger partial charge in [0.2, 0.25) is 11.8 Å². The minimum Gasteiger partial charge on any atom is -0.477 e. The van der Waals surface area contributed by atoms with Crippen LogP contribution in [0.4, 0.5) is 0 Å². The fraction of sp³-hybridized carbons (Fsp3) is 0.909. The van der Waals surface area contributed by atoms with Crippen molar-refractivity contribution < 1.29 is 103 Å². The number of nitrogens with two attached hydrogens (primary N) is 1. The molecule has 0 aromatic carbocycles. The van der Waals surface area contributed by atoms with Gasteiger partial charge in [-0.15, -0.1) is 0 Å². The molecule has 5 aliphatic heterocycles. The van der Waals surface area contributed by atoms with Crippen molar-refractivity contribution in [3.63, 3.8) is 0 Å². The van der Waals surface area contributed by atoms with E-state index in [2.05, 4.69) is 10.6 Å². The second-order valence-electron chi connectivity index (χ2n) is 14.7. The number of carbonyl (C=O) groups is 3. The molecule has 0 bridgehead atoms. The van der Waals surface area contributed by atoms with Crippen molar-refractivity contribution >= 4 is 17.8 Å². The maximum absolute atomic E-state index is 12.6. The molecule has 5 fully saturated rings. The molecule has 24 heteroatoms. The lowest BCUT2D eigenvalue weighted by Crippen LogP contribution is -2.70. The van der Waals surface area contributed by atoms with Gasteiger partial charge in [-0.25, -0.2) is 4.79 Å². The van der Waals surface area contributed by atoms with Crippen molar-refractivity contribution in [1.29, 1.82) is 0 Å². The highest BCUT2D eigenvalue weighted by Gasteiger charge is 2.62. The molecule has 0 aromatic rings. The Bertz CT molecular complexity index is 1390. The molecular formula is C33H55N3O21. The largest absolute Gasteiger partial charge is 0.477 e. The average molecular weight is 830 g/mol. The Morgan fingerprint density at radius 3 is 1.74 bits per heavy atom. The summed E-state index contributed by atoms with van der Waals surface area (Å²) in [5, 5.41) is 89.4. The number of aliphatic hydroxyl groups is 7. The number of carboxylic acids is 1. The van der Waals surface area contributed by atoms with E-state index in [1.54, 1.807) is 0 Å². The van der Waals surface area contributed by atoms with Crippen LogP contribution in [-0.2, 0) is 61.8 Å². The average Bonchev–Trinajstić information content (AvgIpc) is 3.53. The third kappa shape index (κ3) is 9.53. The molecule has 57 heavy (non-hydrogen) atoms. The van der Waals surface area contributed by atoms with Crippen molar-refractivity contribution in [2.45, 2.75) is 157 Å². The topological polar surface area (TPSA) is 355 Å². The van der Waals surface area contributed by atoms with Crippen molar-refractivity contribution in [3.8, 4) is 0 Å². The Balaban J connectivity index is 1.42. The Kier molecular flexibility index (Phi) is 15.2.